The number of hydrogen-bond donors (Lipinski definition) is 0. The van der Waals surface area contributed by atoms with Gasteiger partial charge in [0, 0.05) is 5.56 Å². The Labute approximate surface area is 124 Å². The third-order valence-electron chi connectivity index (χ3n) is 3.58. The zero-order valence-corrected chi connectivity index (χ0v) is 13.1. The van der Waals surface area contributed by atoms with Gasteiger partial charge in [-0.05, 0) is 18.8 Å². The van der Waals surface area contributed by atoms with E-state index in [1.165, 1.54) is 37.7 Å². The van der Waals surface area contributed by atoms with E-state index < -0.39 is 0 Å². The van der Waals surface area contributed by atoms with Crippen LogP contribution < -0.4 is 0 Å². The summed E-state index contributed by atoms with van der Waals surface area (Å²) in [7, 11) is 0. The fourth-order valence-electron chi connectivity index (χ4n) is 2.52. The summed E-state index contributed by atoms with van der Waals surface area (Å²) in [5, 5.41) is 0. The van der Waals surface area contributed by atoms with Crippen molar-refractivity contribution in [1.82, 2.24) is 0 Å². The molecular weight excluding hydrogens is 334 g/mol. The molecule has 2 rings (SSSR count). The Bertz CT molecular complexity index is 385. The van der Waals surface area contributed by atoms with Crippen LogP contribution in [-0.2, 0) is 4.65 Å². The van der Waals surface area contributed by atoms with E-state index in [2.05, 4.69) is 52.7 Å². The molecule has 0 amide bonds. The number of benzene rings is 1. The van der Waals surface area contributed by atoms with Gasteiger partial charge < -0.3 is 4.65 Å². The highest BCUT2D eigenvalue weighted by Gasteiger charge is 2.28. The second-order valence-electron chi connectivity index (χ2n) is 4.89. The smallest absolute Gasteiger partial charge is 0.432 e. The summed E-state index contributed by atoms with van der Waals surface area (Å²) in [4.78, 5) is 0. The first-order chi connectivity index (χ1) is 8.81. The Morgan fingerprint density at radius 2 is 1.89 bits per heavy atom. The highest BCUT2D eigenvalue weighted by Crippen LogP contribution is 2.35. The first-order valence-corrected chi connectivity index (χ1v) is 8.08. The topological polar surface area (TPSA) is 9.23 Å². The fraction of sp³-hybridized carbons (Fsp3) is 0.467. The molecule has 1 aromatic rings. The van der Waals surface area contributed by atoms with Crippen LogP contribution in [0.1, 0.15) is 44.6 Å². The normalized spacial score (nSPS) is 17.6. The van der Waals surface area contributed by atoms with Crippen molar-refractivity contribution in [2.45, 2.75) is 44.8 Å². The molecule has 0 radical (unpaired) electrons. The molecule has 1 nitrogen and oxygen atoms in total. The molecule has 1 aliphatic rings. The van der Waals surface area contributed by atoms with Gasteiger partial charge in [0.1, 0.15) is 5.76 Å². The van der Waals surface area contributed by atoms with Crippen molar-refractivity contribution in [2.24, 2.45) is 0 Å². The van der Waals surface area contributed by atoms with Crippen molar-refractivity contribution in [1.29, 1.82) is 0 Å². The summed E-state index contributed by atoms with van der Waals surface area (Å²) in [6.07, 6.45) is 8.84. The number of rotatable bonds is 4. The van der Waals surface area contributed by atoms with Crippen LogP contribution in [0.2, 0.25) is 5.82 Å². The number of hydrogen-bond acceptors (Lipinski definition) is 1. The average Bonchev–Trinajstić information content (AvgIpc) is 2.46. The Morgan fingerprint density at radius 3 is 2.50 bits per heavy atom. The van der Waals surface area contributed by atoms with Crippen LogP contribution in [0.5, 0.6) is 0 Å². The fourth-order valence-corrected chi connectivity index (χ4v) is 3.51. The van der Waals surface area contributed by atoms with E-state index in [1.54, 1.807) is 0 Å². The molecule has 0 bridgehead atoms. The molecule has 0 saturated heterocycles. The summed E-state index contributed by atoms with van der Waals surface area (Å²) in [6.45, 7) is 2.05. The van der Waals surface area contributed by atoms with Gasteiger partial charge in [-0.1, -0.05) is 84.8 Å². The standard InChI is InChI=1S/C15H20BIO/c1-2-15(13-9-5-3-6-10-13)18-16(17)14-11-7-4-8-12-14/h2-3,5-6,9-10,14H,4,7-8,11-12H2,1H3/b15-2-. The van der Waals surface area contributed by atoms with Gasteiger partial charge in [0.25, 0.3) is 0 Å². The minimum Gasteiger partial charge on any atom is -0.550 e. The van der Waals surface area contributed by atoms with Crippen LogP contribution in [0, 0.1) is 0 Å². The Hall–Kier alpha value is -0.445. The van der Waals surface area contributed by atoms with Crippen LogP contribution in [-0.4, -0.2) is 4.77 Å². The van der Waals surface area contributed by atoms with E-state index in [1.807, 2.05) is 13.0 Å². The second kappa shape index (κ2) is 7.22. The van der Waals surface area contributed by atoms with Crippen LogP contribution in [0.25, 0.3) is 5.76 Å². The molecule has 1 fully saturated rings. The summed E-state index contributed by atoms with van der Waals surface area (Å²) in [5.74, 6) is 1.73. The maximum absolute atomic E-state index is 6.17. The Morgan fingerprint density at radius 1 is 1.22 bits per heavy atom. The van der Waals surface area contributed by atoms with Crippen molar-refractivity contribution in [3.8, 4) is 0 Å². The van der Waals surface area contributed by atoms with Crippen LogP contribution >= 0.6 is 22.4 Å². The molecule has 1 aromatic carbocycles. The highest BCUT2D eigenvalue weighted by molar-refractivity contribution is 14.1. The molecule has 3 heteroatoms. The minimum atomic E-state index is 0.300. The lowest BCUT2D eigenvalue weighted by Crippen LogP contribution is -2.20. The summed E-state index contributed by atoms with van der Waals surface area (Å²) in [6, 6.07) is 10.4. The lowest BCUT2D eigenvalue weighted by Gasteiger charge is -2.25. The van der Waals surface area contributed by atoms with E-state index in [0.29, 0.717) is 4.77 Å². The zero-order valence-electron chi connectivity index (χ0n) is 10.9. The average molecular weight is 354 g/mol. The zero-order chi connectivity index (χ0) is 12.8. The minimum absolute atomic E-state index is 0.300. The summed E-state index contributed by atoms with van der Waals surface area (Å²) < 4.78 is 6.47. The first-order valence-electron chi connectivity index (χ1n) is 6.83. The monoisotopic (exact) mass is 354 g/mol. The van der Waals surface area contributed by atoms with Crippen molar-refractivity contribution in [2.75, 3.05) is 0 Å². The maximum Gasteiger partial charge on any atom is 0.432 e. The molecule has 0 unspecified atom stereocenters. The van der Waals surface area contributed by atoms with Crippen molar-refractivity contribution in [3.63, 3.8) is 0 Å². The molecule has 1 saturated carbocycles. The SMILES string of the molecule is C/C=C(\OB(I)C1CCCCC1)c1ccccc1. The van der Waals surface area contributed by atoms with E-state index in [0.717, 1.165) is 11.6 Å². The third-order valence-corrected chi connectivity index (χ3v) is 4.85. The molecule has 0 aliphatic heterocycles. The molecule has 0 aromatic heterocycles. The predicted octanol–water partition coefficient (Wildman–Crippen LogP) is 5.32. The van der Waals surface area contributed by atoms with Gasteiger partial charge in [-0.2, -0.15) is 0 Å². The predicted molar refractivity (Wildman–Crippen MR) is 87.8 cm³/mol. The first kappa shape index (κ1) is 14.0. The van der Waals surface area contributed by atoms with Gasteiger partial charge in [0.05, 0.1) is 0 Å². The Kier molecular flexibility index (Phi) is 5.60. The van der Waals surface area contributed by atoms with Crippen molar-refractivity contribution in [3.05, 3.63) is 42.0 Å². The van der Waals surface area contributed by atoms with E-state index in [4.69, 9.17) is 4.65 Å². The quantitative estimate of drug-likeness (QED) is 0.404. The van der Waals surface area contributed by atoms with Gasteiger partial charge in [-0.15, -0.1) is 0 Å². The lowest BCUT2D eigenvalue weighted by atomic mass is 9.70. The molecular formula is C15H20BIO. The summed E-state index contributed by atoms with van der Waals surface area (Å²) >= 11 is 2.46. The van der Waals surface area contributed by atoms with Gasteiger partial charge in [-0.25, -0.2) is 0 Å². The molecule has 1 aliphatic carbocycles. The third kappa shape index (κ3) is 3.77. The number of allylic oxidation sites excluding steroid dienone is 1. The Balaban J connectivity index is 1.98. The molecule has 0 atom stereocenters. The maximum atomic E-state index is 6.17. The highest BCUT2D eigenvalue weighted by atomic mass is 127. The van der Waals surface area contributed by atoms with E-state index in [9.17, 15) is 0 Å². The van der Waals surface area contributed by atoms with Crippen molar-refractivity contribution >= 4 is 32.9 Å². The molecule has 18 heavy (non-hydrogen) atoms. The molecule has 96 valence electrons. The van der Waals surface area contributed by atoms with Gasteiger partial charge >= 0.3 is 4.77 Å². The largest absolute Gasteiger partial charge is 0.550 e. The number of halogens is 1. The van der Waals surface area contributed by atoms with Gasteiger partial charge in [0.15, 0.2) is 0 Å². The van der Waals surface area contributed by atoms with E-state index in [-0.39, 0.29) is 0 Å². The van der Waals surface area contributed by atoms with E-state index >= 15 is 0 Å². The van der Waals surface area contributed by atoms with Crippen LogP contribution in [0.15, 0.2) is 36.4 Å². The van der Waals surface area contributed by atoms with Crippen LogP contribution in [0.4, 0.5) is 0 Å². The molecule has 0 spiro atoms. The van der Waals surface area contributed by atoms with Crippen molar-refractivity contribution < 1.29 is 4.65 Å². The molecule has 0 N–H and O–H groups in total. The van der Waals surface area contributed by atoms with Crippen LogP contribution in [0.3, 0.4) is 0 Å². The summed E-state index contributed by atoms with van der Waals surface area (Å²) in [5.41, 5.74) is 1.18. The van der Waals surface area contributed by atoms with Gasteiger partial charge in [0.2, 0.25) is 0 Å². The second-order valence-corrected chi connectivity index (χ2v) is 6.11. The van der Waals surface area contributed by atoms with Gasteiger partial charge in [-0.3, -0.25) is 0 Å². The lowest BCUT2D eigenvalue weighted by molar-refractivity contribution is 0.452. The molecule has 0 heterocycles.